The molecule has 2 aromatic rings. The van der Waals surface area contributed by atoms with Crippen LogP contribution in [0.4, 0.5) is 0 Å². The zero-order valence-electron chi connectivity index (χ0n) is 10.3. The smallest absolute Gasteiger partial charge is 0.229 e. The van der Waals surface area contributed by atoms with Crippen molar-refractivity contribution in [1.29, 1.82) is 5.26 Å². The molecule has 1 heterocycles. The first-order valence-corrected chi connectivity index (χ1v) is 6.53. The number of halogens is 1. The van der Waals surface area contributed by atoms with E-state index in [1.807, 2.05) is 31.2 Å². The number of aromatic nitrogens is 2. The molecule has 1 N–H and O–H groups in total. The van der Waals surface area contributed by atoms with Crippen LogP contribution in [0.5, 0.6) is 0 Å². The standard InChI is InChI=1S/C13H12BrN3O2/c1-8-2-3-10(11(14)6-8)13-16-12(19-17-13)7-9(18)4-5-15/h2-3,6,9,18H,4,7H2,1H3. The van der Waals surface area contributed by atoms with Crippen molar-refractivity contribution in [2.24, 2.45) is 0 Å². The molecule has 0 radical (unpaired) electrons. The van der Waals surface area contributed by atoms with E-state index >= 15 is 0 Å². The molecule has 98 valence electrons. The minimum absolute atomic E-state index is 0.0476. The van der Waals surface area contributed by atoms with E-state index in [1.54, 1.807) is 0 Å². The van der Waals surface area contributed by atoms with Crippen LogP contribution >= 0.6 is 15.9 Å². The summed E-state index contributed by atoms with van der Waals surface area (Å²) in [6.45, 7) is 1.99. The predicted octanol–water partition coefficient (Wildman–Crippen LogP) is 2.62. The van der Waals surface area contributed by atoms with Gasteiger partial charge in [-0.25, -0.2) is 0 Å². The fourth-order valence-electron chi connectivity index (χ4n) is 1.63. The lowest BCUT2D eigenvalue weighted by Gasteiger charge is -2.01. The largest absolute Gasteiger partial charge is 0.392 e. The fourth-order valence-corrected chi connectivity index (χ4v) is 2.30. The van der Waals surface area contributed by atoms with E-state index in [4.69, 9.17) is 9.78 Å². The van der Waals surface area contributed by atoms with Crippen molar-refractivity contribution in [2.75, 3.05) is 0 Å². The first-order valence-electron chi connectivity index (χ1n) is 5.74. The third kappa shape index (κ3) is 3.40. The molecule has 1 atom stereocenters. The normalized spacial score (nSPS) is 12.1. The van der Waals surface area contributed by atoms with Gasteiger partial charge in [0.1, 0.15) is 0 Å². The maximum Gasteiger partial charge on any atom is 0.229 e. The summed E-state index contributed by atoms with van der Waals surface area (Å²) in [6.07, 6.45) is -0.546. The van der Waals surface area contributed by atoms with Crippen molar-refractivity contribution in [3.05, 3.63) is 34.1 Å². The van der Waals surface area contributed by atoms with Crippen LogP contribution in [-0.2, 0) is 6.42 Å². The highest BCUT2D eigenvalue weighted by Gasteiger charge is 2.14. The van der Waals surface area contributed by atoms with Gasteiger partial charge in [0, 0.05) is 10.0 Å². The molecule has 6 heteroatoms. The lowest BCUT2D eigenvalue weighted by Crippen LogP contribution is -2.09. The lowest BCUT2D eigenvalue weighted by molar-refractivity contribution is 0.167. The van der Waals surface area contributed by atoms with Crippen LogP contribution in [0, 0.1) is 18.3 Å². The van der Waals surface area contributed by atoms with Gasteiger partial charge in [-0.2, -0.15) is 10.2 Å². The van der Waals surface area contributed by atoms with Gasteiger partial charge in [0.15, 0.2) is 0 Å². The Balaban J connectivity index is 2.19. The Morgan fingerprint density at radius 1 is 1.53 bits per heavy atom. The number of aliphatic hydroxyl groups excluding tert-OH is 1. The minimum atomic E-state index is -0.778. The average Bonchev–Trinajstić information content (AvgIpc) is 2.77. The topological polar surface area (TPSA) is 82.9 Å². The zero-order chi connectivity index (χ0) is 13.8. The Labute approximate surface area is 119 Å². The van der Waals surface area contributed by atoms with E-state index in [2.05, 4.69) is 26.1 Å². The molecule has 0 amide bonds. The van der Waals surface area contributed by atoms with Crippen LogP contribution in [0.15, 0.2) is 27.2 Å². The van der Waals surface area contributed by atoms with Gasteiger partial charge in [-0.15, -0.1) is 0 Å². The maximum atomic E-state index is 9.51. The van der Waals surface area contributed by atoms with Gasteiger partial charge in [0.05, 0.1) is 25.0 Å². The summed E-state index contributed by atoms with van der Waals surface area (Å²) in [7, 11) is 0. The number of hydrogen-bond acceptors (Lipinski definition) is 5. The van der Waals surface area contributed by atoms with Crippen LogP contribution in [0.1, 0.15) is 17.9 Å². The van der Waals surface area contributed by atoms with E-state index in [-0.39, 0.29) is 12.8 Å². The molecule has 0 aliphatic rings. The number of benzene rings is 1. The highest BCUT2D eigenvalue weighted by molar-refractivity contribution is 9.10. The second-order valence-electron chi connectivity index (χ2n) is 4.22. The van der Waals surface area contributed by atoms with Gasteiger partial charge in [0.2, 0.25) is 11.7 Å². The fraction of sp³-hybridized carbons (Fsp3) is 0.308. The Hall–Kier alpha value is -1.71. The second-order valence-corrected chi connectivity index (χ2v) is 5.07. The first kappa shape index (κ1) is 13.7. The van der Waals surface area contributed by atoms with Crippen molar-refractivity contribution in [3.8, 4) is 17.5 Å². The molecule has 1 aromatic carbocycles. The minimum Gasteiger partial charge on any atom is -0.392 e. The summed E-state index contributed by atoms with van der Waals surface area (Å²) in [6, 6.07) is 7.72. The van der Waals surface area contributed by atoms with Crippen molar-refractivity contribution < 1.29 is 9.63 Å². The van der Waals surface area contributed by atoms with Crippen LogP contribution in [0.25, 0.3) is 11.4 Å². The summed E-state index contributed by atoms with van der Waals surface area (Å²) in [5.41, 5.74) is 1.96. The summed E-state index contributed by atoms with van der Waals surface area (Å²) in [5, 5.41) is 21.9. The number of nitriles is 1. The van der Waals surface area contributed by atoms with Crippen molar-refractivity contribution in [2.45, 2.75) is 25.9 Å². The monoisotopic (exact) mass is 321 g/mol. The van der Waals surface area contributed by atoms with Gasteiger partial charge in [0.25, 0.3) is 0 Å². The third-order valence-electron chi connectivity index (χ3n) is 2.57. The number of hydrogen-bond donors (Lipinski definition) is 1. The van der Waals surface area contributed by atoms with E-state index in [1.165, 1.54) is 0 Å². The number of aliphatic hydroxyl groups is 1. The molecular weight excluding hydrogens is 310 g/mol. The molecule has 0 bridgehead atoms. The summed E-state index contributed by atoms with van der Waals surface area (Å²) in [5.74, 6) is 0.788. The van der Waals surface area contributed by atoms with Crippen molar-refractivity contribution in [1.82, 2.24) is 10.1 Å². The number of aryl methyl sites for hydroxylation is 1. The maximum absolute atomic E-state index is 9.51. The number of rotatable bonds is 4. The van der Waals surface area contributed by atoms with E-state index in [9.17, 15) is 5.11 Å². The van der Waals surface area contributed by atoms with Gasteiger partial charge in [-0.1, -0.05) is 27.2 Å². The van der Waals surface area contributed by atoms with Gasteiger partial charge >= 0.3 is 0 Å². The lowest BCUT2D eigenvalue weighted by atomic mass is 10.1. The predicted molar refractivity (Wildman–Crippen MR) is 72.1 cm³/mol. The van der Waals surface area contributed by atoms with Crippen molar-refractivity contribution in [3.63, 3.8) is 0 Å². The Bertz CT molecular complexity index is 619. The van der Waals surface area contributed by atoms with Crippen LogP contribution in [0.2, 0.25) is 0 Å². The van der Waals surface area contributed by atoms with Gasteiger partial charge < -0.3 is 9.63 Å². The first-order chi connectivity index (χ1) is 9.10. The zero-order valence-corrected chi connectivity index (χ0v) is 11.9. The van der Waals surface area contributed by atoms with E-state index in [0.717, 1.165) is 15.6 Å². The van der Waals surface area contributed by atoms with Crippen LogP contribution in [0.3, 0.4) is 0 Å². The molecule has 1 aromatic heterocycles. The molecular formula is C13H12BrN3O2. The molecule has 0 spiro atoms. The van der Waals surface area contributed by atoms with Crippen molar-refractivity contribution >= 4 is 15.9 Å². The van der Waals surface area contributed by atoms with Crippen LogP contribution < -0.4 is 0 Å². The Morgan fingerprint density at radius 2 is 2.32 bits per heavy atom. The highest BCUT2D eigenvalue weighted by Crippen LogP contribution is 2.27. The average molecular weight is 322 g/mol. The summed E-state index contributed by atoms with van der Waals surface area (Å²) < 4.78 is 5.96. The molecule has 1 unspecified atom stereocenters. The quantitative estimate of drug-likeness (QED) is 0.935. The molecule has 5 nitrogen and oxygen atoms in total. The van der Waals surface area contributed by atoms with E-state index < -0.39 is 6.10 Å². The molecule has 0 fully saturated rings. The van der Waals surface area contributed by atoms with Gasteiger partial charge in [-0.3, -0.25) is 0 Å². The second kappa shape index (κ2) is 5.95. The molecule has 2 rings (SSSR count). The SMILES string of the molecule is Cc1ccc(-c2noc(CC(O)CC#N)n2)c(Br)c1. The van der Waals surface area contributed by atoms with E-state index in [0.29, 0.717) is 11.7 Å². The number of nitrogens with zero attached hydrogens (tertiary/aromatic N) is 3. The Kier molecular flexibility index (Phi) is 4.30. The van der Waals surface area contributed by atoms with Gasteiger partial charge in [-0.05, 0) is 24.6 Å². The highest BCUT2D eigenvalue weighted by atomic mass is 79.9. The van der Waals surface area contributed by atoms with Crippen LogP contribution in [-0.4, -0.2) is 21.4 Å². The third-order valence-corrected chi connectivity index (χ3v) is 3.23. The molecule has 19 heavy (non-hydrogen) atoms. The molecule has 0 saturated heterocycles. The molecule has 0 saturated carbocycles. The summed E-state index contributed by atoms with van der Waals surface area (Å²) >= 11 is 3.45. The molecule has 0 aliphatic carbocycles. The summed E-state index contributed by atoms with van der Waals surface area (Å²) in [4.78, 5) is 4.22. The Morgan fingerprint density at radius 3 is 3.00 bits per heavy atom. The molecule has 0 aliphatic heterocycles.